The van der Waals surface area contributed by atoms with E-state index in [4.69, 9.17) is 4.74 Å². The van der Waals surface area contributed by atoms with Gasteiger partial charge in [0.2, 0.25) is 0 Å². The molecule has 1 unspecified atom stereocenters. The minimum Gasteiger partial charge on any atom is -0.497 e. The van der Waals surface area contributed by atoms with Crippen molar-refractivity contribution < 1.29 is 4.74 Å². The maximum Gasteiger partial charge on any atom is 0.119 e. The molecule has 1 heterocycles. The number of hydrogen-bond donors (Lipinski definition) is 0. The van der Waals surface area contributed by atoms with Gasteiger partial charge in [-0.1, -0.05) is 85.0 Å². The lowest BCUT2D eigenvalue weighted by atomic mass is 9.92. The molecule has 1 aliphatic heterocycles. The molecule has 0 radical (unpaired) electrons. The van der Waals surface area contributed by atoms with Gasteiger partial charge in [0.15, 0.2) is 0 Å². The van der Waals surface area contributed by atoms with E-state index in [2.05, 4.69) is 107 Å². The highest BCUT2D eigenvalue weighted by molar-refractivity contribution is 5.76. The van der Waals surface area contributed by atoms with Crippen molar-refractivity contribution in [3.8, 4) is 5.75 Å². The molecule has 3 aromatic carbocycles. The van der Waals surface area contributed by atoms with Crippen molar-refractivity contribution in [3.63, 3.8) is 0 Å². The maximum absolute atomic E-state index is 5.58. The van der Waals surface area contributed by atoms with Crippen LogP contribution in [-0.4, -0.2) is 49.6 Å². The van der Waals surface area contributed by atoms with Crippen LogP contribution in [0.15, 0.2) is 78.9 Å². The van der Waals surface area contributed by atoms with Gasteiger partial charge in [0.05, 0.1) is 13.2 Å². The Morgan fingerprint density at radius 3 is 2.31 bits per heavy atom. The van der Waals surface area contributed by atoms with E-state index in [0.717, 1.165) is 38.5 Å². The average molecular weight is 423 g/mol. The number of hydrogen-bond acceptors (Lipinski definition) is 3. The summed E-state index contributed by atoms with van der Waals surface area (Å²) in [6.07, 6.45) is 9.02. The summed E-state index contributed by atoms with van der Waals surface area (Å²) in [4.78, 5) is 5.19. The minimum absolute atomic E-state index is 0.244. The summed E-state index contributed by atoms with van der Waals surface area (Å²) in [5.41, 5.74) is 6.57. The van der Waals surface area contributed by atoms with E-state index in [1.807, 2.05) is 0 Å². The Labute approximate surface area is 191 Å². The van der Waals surface area contributed by atoms with Crippen LogP contribution in [0.5, 0.6) is 5.75 Å². The van der Waals surface area contributed by atoms with E-state index >= 15 is 0 Å². The molecule has 1 atom stereocenters. The van der Waals surface area contributed by atoms with Crippen molar-refractivity contribution in [1.29, 1.82) is 0 Å². The summed E-state index contributed by atoms with van der Waals surface area (Å²) >= 11 is 0. The monoisotopic (exact) mass is 422 g/mol. The molecule has 0 bridgehead atoms. The van der Waals surface area contributed by atoms with Gasteiger partial charge in [0.25, 0.3) is 0 Å². The van der Waals surface area contributed by atoms with E-state index in [9.17, 15) is 0 Å². The van der Waals surface area contributed by atoms with Crippen molar-refractivity contribution in [2.24, 2.45) is 0 Å². The predicted octanol–water partition coefficient (Wildman–Crippen LogP) is 5.60. The van der Waals surface area contributed by atoms with Gasteiger partial charge < -0.3 is 4.74 Å². The maximum atomic E-state index is 5.58. The molecule has 0 spiro atoms. The van der Waals surface area contributed by atoms with E-state index in [0.29, 0.717) is 0 Å². The second-order valence-corrected chi connectivity index (χ2v) is 8.51. The number of methoxy groups -OCH3 is 1. The SMILES string of the molecule is COc1ccc2c(c1)C(N1CCN(CC=Cc3ccccc3)CC1)c1ccccc1C=C2. The summed E-state index contributed by atoms with van der Waals surface area (Å²) in [6, 6.07) is 26.1. The van der Waals surface area contributed by atoms with Gasteiger partial charge in [-0.05, 0) is 39.9 Å². The smallest absolute Gasteiger partial charge is 0.119 e. The second kappa shape index (κ2) is 9.56. The zero-order valence-corrected chi connectivity index (χ0v) is 18.7. The first kappa shape index (κ1) is 20.7. The normalized spacial score (nSPS) is 18.8. The van der Waals surface area contributed by atoms with Crippen LogP contribution >= 0.6 is 0 Å². The number of rotatable bonds is 5. The molecule has 1 saturated heterocycles. The zero-order valence-electron chi connectivity index (χ0n) is 18.7. The first-order valence-corrected chi connectivity index (χ1v) is 11.4. The second-order valence-electron chi connectivity index (χ2n) is 8.51. The molecule has 0 N–H and O–H groups in total. The van der Waals surface area contributed by atoms with Gasteiger partial charge >= 0.3 is 0 Å². The van der Waals surface area contributed by atoms with Gasteiger partial charge in [-0.3, -0.25) is 9.80 Å². The Morgan fingerprint density at radius 2 is 1.53 bits per heavy atom. The molecule has 3 heteroatoms. The highest BCUT2D eigenvalue weighted by atomic mass is 16.5. The number of benzene rings is 3. The van der Waals surface area contributed by atoms with Crippen molar-refractivity contribution in [2.45, 2.75) is 6.04 Å². The van der Waals surface area contributed by atoms with Crippen LogP contribution in [0.1, 0.15) is 33.9 Å². The topological polar surface area (TPSA) is 15.7 Å². The third kappa shape index (κ3) is 4.40. The minimum atomic E-state index is 0.244. The molecule has 3 nitrogen and oxygen atoms in total. The van der Waals surface area contributed by atoms with E-state index < -0.39 is 0 Å². The largest absolute Gasteiger partial charge is 0.497 e. The molecule has 1 fully saturated rings. The fraction of sp³-hybridized carbons (Fsp3) is 0.241. The van der Waals surface area contributed by atoms with Crippen molar-refractivity contribution in [2.75, 3.05) is 39.8 Å². The molecular weight excluding hydrogens is 392 g/mol. The zero-order chi connectivity index (χ0) is 21.8. The van der Waals surface area contributed by atoms with E-state index in [1.165, 1.54) is 27.8 Å². The Hall–Kier alpha value is -3.14. The van der Waals surface area contributed by atoms with Gasteiger partial charge in [-0.2, -0.15) is 0 Å². The molecule has 162 valence electrons. The molecule has 1 aliphatic carbocycles. The van der Waals surface area contributed by atoms with Crippen molar-refractivity contribution in [3.05, 3.63) is 107 Å². The number of ether oxygens (including phenoxy) is 1. The highest BCUT2D eigenvalue weighted by Crippen LogP contribution is 2.38. The van der Waals surface area contributed by atoms with Crippen LogP contribution < -0.4 is 4.74 Å². The first-order chi connectivity index (χ1) is 15.8. The van der Waals surface area contributed by atoms with Crippen LogP contribution in [0, 0.1) is 0 Å². The fourth-order valence-electron chi connectivity index (χ4n) is 4.83. The predicted molar refractivity (Wildman–Crippen MR) is 134 cm³/mol. The lowest BCUT2D eigenvalue weighted by molar-refractivity contribution is 0.117. The van der Waals surface area contributed by atoms with Crippen LogP contribution in [0.2, 0.25) is 0 Å². The molecule has 0 aromatic heterocycles. The molecule has 3 aromatic rings. The molecule has 32 heavy (non-hydrogen) atoms. The molecule has 5 rings (SSSR count). The van der Waals surface area contributed by atoms with Gasteiger partial charge in [-0.25, -0.2) is 0 Å². The Balaban J connectivity index is 1.35. The van der Waals surface area contributed by atoms with E-state index in [1.54, 1.807) is 7.11 Å². The Morgan fingerprint density at radius 1 is 0.812 bits per heavy atom. The molecular formula is C29H30N2O. The molecule has 0 saturated carbocycles. The van der Waals surface area contributed by atoms with Crippen LogP contribution in [0.4, 0.5) is 0 Å². The van der Waals surface area contributed by atoms with Crippen LogP contribution in [0.25, 0.3) is 18.2 Å². The van der Waals surface area contributed by atoms with Crippen molar-refractivity contribution >= 4 is 18.2 Å². The lowest BCUT2D eigenvalue weighted by Crippen LogP contribution is -2.47. The van der Waals surface area contributed by atoms with E-state index in [-0.39, 0.29) is 6.04 Å². The summed E-state index contributed by atoms with van der Waals surface area (Å²) < 4.78 is 5.58. The molecule has 0 amide bonds. The number of nitrogens with zero attached hydrogens (tertiary/aromatic N) is 2. The number of fused-ring (bicyclic) bond motifs is 2. The third-order valence-electron chi connectivity index (χ3n) is 6.57. The summed E-state index contributed by atoms with van der Waals surface area (Å²) in [5, 5.41) is 0. The van der Waals surface area contributed by atoms with Crippen LogP contribution in [-0.2, 0) is 0 Å². The summed E-state index contributed by atoms with van der Waals surface area (Å²) in [7, 11) is 1.75. The lowest BCUT2D eigenvalue weighted by Gasteiger charge is -2.40. The van der Waals surface area contributed by atoms with Gasteiger partial charge in [0, 0.05) is 32.7 Å². The van der Waals surface area contributed by atoms with Gasteiger partial charge in [-0.15, -0.1) is 0 Å². The Bertz CT molecular complexity index is 1110. The fourth-order valence-corrected chi connectivity index (χ4v) is 4.83. The Kier molecular flexibility index (Phi) is 6.20. The van der Waals surface area contributed by atoms with Crippen molar-refractivity contribution in [1.82, 2.24) is 9.80 Å². The van der Waals surface area contributed by atoms with Crippen LogP contribution in [0.3, 0.4) is 0 Å². The third-order valence-corrected chi connectivity index (χ3v) is 6.57. The standard InChI is InChI=1S/C29H30N2O/c1-32-26-16-15-25-14-13-24-11-5-6-12-27(24)29(28(25)22-26)31-20-18-30(19-21-31)17-7-10-23-8-3-2-4-9-23/h2-16,22,29H,17-21H2,1H3. The average Bonchev–Trinajstić information content (AvgIpc) is 3.01. The number of piperazine rings is 1. The summed E-state index contributed by atoms with van der Waals surface area (Å²) in [5.74, 6) is 0.922. The van der Waals surface area contributed by atoms with Gasteiger partial charge in [0.1, 0.15) is 5.75 Å². The first-order valence-electron chi connectivity index (χ1n) is 11.4. The summed E-state index contributed by atoms with van der Waals surface area (Å²) in [6.45, 7) is 5.24. The quantitative estimate of drug-likeness (QED) is 0.532. The highest BCUT2D eigenvalue weighted by Gasteiger charge is 2.30. The molecule has 2 aliphatic rings.